The number of fused-ring (bicyclic) bond motifs is 2. The van der Waals surface area contributed by atoms with Crippen molar-refractivity contribution < 1.29 is 9.53 Å². The van der Waals surface area contributed by atoms with Gasteiger partial charge in [-0.05, 0) is 62.4 Å². The number of carbonyl (C=O) groups is 1. The minimum Gasteiger partial charge on any atom is -0.497 e. The van der Waals surface area contributed by atoms with Gasteiger partial charge in [-0.25, -0.2) is 4.98 Å². The van der Waals surface area contributed by atoms with E-state index in [0.717, 1.165) is 49.0 Å². The van der Waals surface area contributed by atoms with Crippen LogP contribution < -0.4 is 10.1 Å². The molecule has 0 unspecified atom stereocenters. The molecule has 30 heavy (non-hydrogen) atoms. The number of benzene rings is 2. The highest BCUT2D eigenvalue weighted by atomic mass is 16.5. The number of rotatable bonds is 7. The summed E-state index contributed by atoms with van der Waals surface area (Å²) in [4.78, 5) is 23.3. The van der Waals surface area contributed by atoms with E-state index in [9.17, 15) is 4.79 Å². The second-order valence-electron chi connectivity index (χ2n) is 8.50. The number of aromatic amines is 1. The van der Waals surface area contributed by atoms with E-state index in [1.165, 1.54) is 5.56 Å². The van der Waals surface area contributed by atoms with Crippen molar-refractivity contribution in [2.45, 2.75) is 50.2 Å². The van der Waals surface area contributed by atoms with Crippen LogP contribution in [0.4, 0.5) is 0 Å². The van der Waals surface area contributed by atoms with Crippen LogP contribution in [-0.2, 0) is 6.54 Å². The molecule has 156 valence electrons. The molecule has 2 aliphatic rings. The second-order valence-corrected chi connectivity index (χ2v) is 8.50. The summed E-state index contributed by atoms with van der Waals surface area (Å²) < 4.78 is 5.35. The molecule has 3 aromatic rings. The fourth-order valence-corrected chi connectivity index (χ4v) is 5.47. The zero-order chi connectivity index (χ0) is 20.8. The Morgan fingerprint density at radius 3 is 2.90 bits per heavy atom. The fraction of sp³-hybridized carbons (Fsp3) is 0.417. The van der Waals surface area contributed by atoms with Crippen molar-refractivity contribution in [3.63, 3.8) is 0 Å². The van der Waals surface area contributed by atoms with Crippen LogP contribution >= 0.6 is 0 Å². The number of hydrogen-bond acceptors (Lipinski definition) is 4. The summed E-state index contributed by atoms with van der Waals surface area (Å²) in [6.45, 7) is 3.52. The van der Waals surface area contributed by atoms with Gasteiger partial charge in [0.05, 0.1) is 23.7 Å². The summed E-state index contributed by atoms with van der Waals surface area (Å²) >= 11 is 0. The number of H-pyrrole nitrogens is 1. The van der Waals surface area contributed by atoms with E-state index < -0.39 is 0 Å². The van der Waals surface area contributed by atoms with Gasteiger partial charge in [0.15, 0.2) is 5.82 Å². The lowest BCUT2D eigenvalue weighted by Crippen LogP contribution is -2.49. The summed E-state index contributed by atoms with van der Waals surface area (Å²) in [5, 5.41) is 3.81. The van der Waals surface area contributed by atoms with Gasteiger partial charge in [-0.1, -0.05) is 24.3 Å². The van der Waals surface area contributed by atoms with Crippen LogP contribution in [0.25, 0.3) is 11.0 Å². The Kier molecular flexibility index (Phi) is 4.54. The van der Waals surface area contributed by atoms with Crippen LogP contribution in [0.1, 0.15) is 48.8 Å². The largest absolute Gasteiger partial charge is 0.497 e. The standard InChI is InChI=1S/C24H28N4O2/c1-3-28(22(29)21-26-19-10-4-5-11-20(19)27-21)24-13-7-12-23(24,16-24)25-15-17-8-6-9-18(14-17)30-2/h4-6,8-11,14,25H,3,7,12-13,15-16H2,1-2H3,(H,26,27)/t23-,24-/m0/s1. The van der Waals surface area contributed by atoms with Gasteiger partial charge in [-0.15, -0.1) is 0 Å². The minimum atomic E-state index is -0.114. The molecule has 2 fully saturated rings. The lowest BCUT2D eigenvalue weighted by Gasteiger charge is -2.32. The number of likely N-dealkylation sites (N-methyl/N-ethyl adjacent to an activating group) is 1. The molecule has 1 aromatic heterocycles. The first-order valence-electron chi connectivity index (χ1n) is 10.8. The quantitative estimate of drug-likeness (QED) is 0.627. The maximum atomic E-state index is 13.5. The number of ether oxygens (including phenoxy) is 1. The van der Waals surface area contributed by atoms with Gasteiger partial charge < -0.3 is 19.9 Å². The maximum Gasteiger partial charge on any atom is 0.290 e. The van der Waals surface area contributed by atoms with Gasteiger partial charge in [0, 0.05) is 18.6 Å². The molecule has 0 radical (unpaired) electrons. The summed E-state index contributed by atoms with van der Waals surface area (Å²) in [5.74, 6) is 1.31. The minimum absolute atomic E-state index is 0.000607. The molecule has 2 saturated carbocycles. The van der Waals surface area contributed by atoms with Crippen molar-refractivity contribution in [2.75, 3.05) is 13.7 Å². The zero-order valence-electron chi connectivity index (χ0n) is 17.6. The van der Waals surface area contributed by atoms with Crippen molar-refractivity contribution in [1.82, 2.24) is 20.2 Å². The number of methoxy groups -OCH3 is 1. The normalized spacial score (nSPS) is 24.6. The third kappa shape index (κ3) is 2.89. The van der Waals surface area contributed by atoms with Crippen LogP contribution in [0.5, 0.6) is 5.75 Å². The highest BCUT2D eigenvalue weighted by Gasteiger charge is 2.73. The molecule has 0 bridgehead atoms. The number of carbonyl (C=O) groups excluding carboxylic acids is 1. The monoisotopic (exact) mass is 404 g/mol. The number of nitrogens with zero attached hydrogens (tertiary/aromatic N) is 2. The number of aromatic nitrogens is 2. The highest BCUT2D eigenvalue weighted by Crippen LogP contribution is 2.63. The third-order valence-corrected chi connectivity index (χ3v) is 6.99. The van der Waals surface area contributed by atoms with Gasteiger partial charge in [0.1, 0.15) is 5.75 Å². The van der Waals surface area contributed by atoms with Crippen LogP contribution in [0.3, 0.4) is 0 Å². The van der Waals surface area contributed by atoms with Gasteiger partial charge in [0.2, 0.25) is 0 Å². The Labute approximate surface area is 176 Å². The van der Waals surface area contributed by atoms with E-state index in [4.69, 9.17) is 4.74 Å². The Bertz CT molecular complexity index is 1060. The van der Waals surface area contributed by atoms with E-state index in [1.807, 2.05) is 36.4 Å². The topological polar surface area (TPSA) is 70.2 Å². The molecular weight excluding hydrogens is 376 g/mol. The van der Waals surface area contributed by atoms with Crippen LogP contribution in [0, 0.1) is 0 Å². The molecule has 0 saturated heterocycles. The lowest BCUT2D eigenvalue weighted by molar-refractivity contribution is 0.0625. The molecule has 0 aliphatic heterocycles. The maximum absolute atomic E-state index is 13.5. The van der Waals surface area contributed by atoms with Gasteiger partial charge in [-0.3, -0.25) is 4.79 Å². The van der Waals surface area contributed by atoms with Gasteiger partial charge in [-0.2, -0.15) is 0 Å². The first-order valence-corrected chi connectivity index (χ1v) is 10.8. The summed E-state index contributed by atoms with van der Waals surface area (Å²) in [5.41, 5.74) is 2.81. The SMILES string of the molecule is CCN(C(=O)c1nc2ccccc2[nH]1)[C@]12CCC[C@]1(NCc1cccc(OC)c1)C2. The number of imidazole rings is 1. The van der Waals surface area contributed by atoms with Crippen LogP contribution in [0.2, 0.25) is 0 Å². The lowest BCUT2D eigenvalue weighted by atomic mass is 10.1. The zero-order valence-corrected chi connectivity index (χ0v) is 17.6. The van der Waals surface area contributed by atoms with E-state index in [1.54, 1.807) is 7.11 Å². The van der Waals surface area contributed by atoms with Crippen molar-refractivity contribution in [3.8, 4) is 5.75 Å². The third-order valence-electron chi connectivity index (χ3n) is 6.99. The smallest absolute Gasteiger partial charge is 0.290 e. The number of hydrogen-bond donors (Lipinski definition) is 2. The van der Waals surface area contributed by atoms with Crippen molar-refractivity contribution in [1.29, 1.82) is 0 Å². The first kappa shape index (κ1) is 19.1. The molecule has 6 nitrogen and oxygen atoms in total. The summed E-state index contributed by atoms with van der Waals surface area (Å²) in [6, 6.07) is 16.0. The van der Waals surface area contributed by atoms with E-state index in [-0.39, 0.29) is 17.0 Å². The van der Waals surface area contributed by atoms with Crippen LogP contribution in [0.15, 0.2) is 48.5 Å². The predicted molar refractivity (Wildman–Crippen MR) is 117 cm³/mol. The number of amides is 1. The molecule has 2 atom stereocenters. The Morgan fingerprint density at radius 1 is 1.23 bits per heavy atom. The van der Waals surface area contributed by atoms with Crippen molar-refractivity contribution in [2.24, 2.45) is 0 Å². The van der Waals surface area contributed by atoms with Gasteiger partial charge in [0.25, 0.3) is 5.91 Å². The average molecular weight is 405 g/mol. The molecule has 5 rings (SSSR count). The second kappa shape index (κ2) is 7.13. The summed E-state index contributed by atoms with van der Waals surface area (Å²) in [7, 11) is 1.69. The molecule has 2 aromatic carbocycles. The average Bonchev–Trinajstić information content (AvgIpc) is 3.07. The Balaban J connectivity index is 1.37. The predicted octanol–water partition coefficient (Wildman–Crippen LogP) is 3.89. The molecule has 2 N–H and O–H groups in total. The number of nitrogens with one attached hydrogen (secondary N) is 2. The molecule has 2 aliphatic carbocycles. The highest BCUT2D eigenvalue weighted by molar-refractivity contribution is 5.95. The Hall–Kier alpha value is -2.86. The van der Waals surface area contributed by atoms with E-state index in [2.05, 4.69) is 39.2 Å². The van der Waals surface area contributed by atoms with Crippen molar-refractivity contribution in [3.05, 3.63) is 59.9 Å². The molecular formula is C24H28N4O2. The van der Waals surface area contributed by atoms with Crippen molar-refractivity contribution >= 4 is 16.9 Å². The summed E-state index contributed by atoms with van der Waals surface area (Å²) in [6.07, 6.45) is 4.28. The molecule has 6 heteroatoms. The molecule has 1 amide bonds. The van der Waals surface area contributed by atoms with E-state index in [0.29, 0.717) is 12.4 Å². The first-order chi connectivity index (χ1) is 14.6. The molecule has 0 spiro atoms. The Morgan fingerprint density at radius 2 is 2.10 bits per heavy atom. The number of para-hydroxylation sites is 2. The van der Waals surface area contributed by atoms with Crippen LogP contribution in [-0.4, -0.2) is 45.5 Å². The molecule has 1 heterocycles. The fourth-order valence-electron chi connectivity index (χ4n) is 5.47. The van der Waals surface area contributed by atoms with Gasteiger partial charge >= 0.3 is 0 Å². The van der Waals surface area contributed by atoms with E-state index >= 15 is 0 Å².